The molecule has 0 fully saturated rings. The van der Waals surface area contributed by atoms with Crippen LogP contribution in [-0.4, -0.2) is 32.0 Å². The number of aromatic nitrogens is 4. The van der Waals surface area contributed by atoms with Crippen molar-refractivity contribution in [3.63, 3.8) is 0 Å². The molecule has 2 aromatic heterocycles. The molecule has 0 bridgehead atoms. The molecule has 10 heteroatoms. The summed E-state index contributed by atoms with van der Waals surface area (Å²) in [5.41, 5.74) is 4.08. The zero-order valence-electron chi connectivity index (χ0n) is 17.1. The Morgan fingerprint density at radius 2 is 1.85 bits per heavy atom. The molecule has 4 N–H and O–H groups in total. The maximum absolute atomic E-state index is 12.6. The molecule has 4 aromatic rings. The monoisotopic (exact) mass is 476 g/mol. The molecule has 0 saturated carbocycles. The highest BCUT2D eigenvalue weighted by atomic mass is 35.5. The normalized spacial score (nSPS) is 13.7. The standard InChI is InChI=1S/C23H17ClN6O2S/c24-17-7-3-1-5-13(17)12-33-23-28-22(29-30-23)27-21(32)19-10-9-14(25-19)11-16-15-6-2-4-8-18(15)26-20(16)31/h1-11,25H,12H2,(H,26,31)(H2,27,28,29,30,32)/b16-11-. The first kappa shape index (κ1) is 21.0. The zero-order valence-corrected chi connectivity index (χ0v) is 18.6. The van der Waals surface area contributed by atoms with Crippen molar-refractivity contribution in [2.75, 3.05) is 10.6 Å². The van der Waals surface area contributed by atoms with Crippen molar-refractivity contribution in [3.05, 3.63) is 88.2 Å². The minimum Gasteiger partial charge on any atom is -0.351 e. The lowest BCUT2D eigenvalue weighted by Crippen LogP contribution is -2.13. The highest BCUT2D eigenvalue weighted by Gasteiger charge is 2.23. The Balaban J connectivity index is 1.24. The first-order valence-electron chi connectivity index (χ1n) is 9.98. The van der Waals surface area contributed by atoms with Gasteiger partial charge in [0.15, 0.2) is 5.16 Å². The number of nitrogens with one attached hydrogen (secondary N) is 4. The zero-order chi connectivity index (χ0) is 22.8. The van der Waals surface area contributed by atoms with Gasteiger partial charge in [-0.05, 0) is 35.9 Å². The summed E-state index contributed by atoms with van der Waals surface area (Å²) in [7, 11) is 0. The smallest absolute Gasteiger partial charge is 0.274 e. The number of nitrogens with zero attached hydrogens (tertiary/aromatic N) is 2. The summed E-state index contributed by atoms with van der Waals surface area (Å²) in [6.45, 7) is 0. The Hall–Kier alpha value is -3.82. The van der Waals surface area contributed by atoms with E-state index in [2.05, 4.69) is 30.8 Å². The molecule has 8 nitrogen and oxygen atoms in total. The van der Waals surface area contributed by atoms with Crippen LogP contribution < -0.4 is 10.6 Å². The number of carbonyl (C=O) groups is 2. The molecule has 0 spiro atoms. The fraction of sp³-hybridized carbons (Fsp3) is 0.0435. The van der Waals surface area contributed by atoms with E-state index in [1.165, 1.54) is 11.8 Å². The number of fused-ring (bicyclic) bond motifs is 1. The van der Waals surface area contributed by atoms with Crippen LogP contribution in [0.5, 0.6) is 0 Å². The van der Waals surface area contributed by atoms with Crippen molar-refractivity contribution in [2.24, 2.45) is 0 Å². The number of anilines is 2. The number of rotatable bonds is 6. The summed E-state index contributed by atoms with van der Waals surface area (Å²) in [5.74, 6) is 0.295. The van der Waals surface area contributed by atoms with Gasteiger partial charge in [-0.25, -0.2) is 0 Å². The molecule has 164 valence electrons. The van der Waals surface area contributed by atoms with Gasteiger partial charge in [0.1, 0.15) is 5.69 Å². The first-order valence-corrected chi connectivity index (χ1v) is 11.3. The number of H-pyrrole nitrogens is 2. The van der Waals surface area contributed by atoms with Crippen molar-refractivity contribution >= 4 is 58.5 Å². The topological polar surface area (TPSA) is 116 Å². The molecule has 0 atom stereocenters. The Kier molecular flexibility index (Phi) is 5.72. The van der Waals surface area contributed by atoms with Crippen LogP contribution in [0.3, 0.4) is 0 Å². The van der Waals surface area contributed by atoms with Crippen molar-refractivity contribution in [3.8, 4) is 0 Å². The van der Waals surface area contributed by atoms with E-state index in [1.807, 2.05) is 48.5 Å². The predicted octanol–water partition coefficient (Wildman–Crippen LogP) is 4.82. The van der Waals surface area contributed by atoms with E-state index >= 15 is 0 Å². The van der Waals surface area contributed by atoms with Crippen LogP contribution in [0.4, 0.5) is 11.6 Å². The Morgan fingerprint density at radius 1 is 1.03 bits per heavy atom. The van der Waals surface area contributed by atoms with Gasteiger partial charge < -0.3 is 15.3 Å². The lowest BCUT2D eigenvalue weighted by atomic mass is 10.1. The number of halogens is 1. The van der Waals surface area contributed by atoms with Crippen LogP contribution >= 0.6 is 23.4 Å². The lowest BCUT2D eigenvalue weighted by molar-refractivity contribution is -0.110. The molecule has 0 unspecified atom stereocenters. The number of hydrogen-bond donors (Lipinski definition) is 4. The lowest BCUT2D eigenvalue weighted by Gasteiger charge is -2.01. The van der Waals surface area contributed by atoms with Gasteiger partial charge in [-0.3, -0.25) is 14.9 Å². The summed E-state index contributed by atoms with van der Waals surface area (Å²) in [6, 6.07) is 18.4. The highest BCUT2D eigenvalue weighted by Crippen LogP contribution is 2.32. The Morgan fingerprint density at radius 3 is 2.73 bits per heavy atom. The quantitative estimate of drug-likeness (QED) is 0.235. The molecule has 5 rings (SSSR count). The van der Waals surface area contributed by atoms with Gasteiger partial charge in [-0.15, -0.1) is 10.2 Å². The molecule has 1 aliphatic rings. The van der Waals surface area contributed by atoms with Gasteiger partial charge in [0.05, 0.1) is 5.57 Å². The van der Waals surface area contributed by atoms with Crippen LogP contribution in [0.2, 0.25) is 5.02 Å². The summed E-state index contributed by atoms with van der Waals surface area (Å²) in [4.78, 5) is 30.9. The van der Waals surface area contributed by atoms with E-state index in [-0.39, 0.29) is 17.8 Å². The average molecular weight is 477 g/mol. The van der Waals surface area contributed by atoms with Gasteiger partial charge >= 0.3 is 0 Å². The van der Waals surface area contributed by atoms with Crippen LogP contribution in [-0.2, 0) is 10.5 Å². The third-order valence-corrected chi connectivity index (χ3v) is 6.26. The van der Waals surface area contributed by atoms with Crippen molar-refractivity contribution in [1.29, 1.82) is 0 Å². The summed E-state index contributed by atoms with van der Waals surface area (Å²) in [6.07, 6.45) is 1.72. The molecular formula is C23H17ClN6O2S. The second-order valence-corrected chi connectivity index (χ2v) is 8.57. The number of amides is 2. The van der Waals surface area contributed by atoms with Gasteiger partial charge in [-0.2, -0.15) is 0 Å². The largest absolute Gasteiger partial charge is 0.351 e. The van der Waals surface area contributed by atoms with E-state index in [1.54, 1.807) is 18.2 Å². The number of aromatic amines is 2. The number of para-hydroxylation sites is 1. The fourth-order valence-electron chi connectivity index (χ4n) is 3.37. The maximum Gasteiger partial charge on any atom is 0.274 e. The fourth-order valence-corrected chi connectivity index (χ4v) is 4.46. The number of thioether (sulfide) groups is 1. The van der Waals surface area contributed by atoms with E-state index in [4.69, 9.17) is 11.6 Å². The molecule has 2 amide bonds. The third kappa shape index (κ3) is 4.55. The third-order valence-electron chi connectivity index (χ3n) is 4.98. The molecule has 0 radical (unpaired) electrons. The van der Waals surface area contributed by atoms with Crippen LogP contribution in [0, 0.1) is 0 Å². The van der Waals surface area contributed by atoms with Gasteiger partial charge in [0, 0.05) is 27.7 Å². The summed E-state index contributed by atoms with van der Waals surface area (Å²) >= 11 is 7.60. The summed E-state index contributed by atoms with van der Waals surface area (Å²) < 4.78 is 0. The second kappa shape index (κ2) is 8.97. The maximum atomic E-state index is 12.6. The van der Waals surface area contributed by atoms with Crippen molar-refractivity contribution in [2.45, 2.75) is 10.9 Å². The Labute approximate surface area is 197 Å². The van der Waals surface area contributed by atoms with E-state index < -0.39 is 0 Å². The van der Waals surface area contributed by atoms with Gasteiger partial charge in [-0.1, -0.05) is 59.8 Å². The van der Waals surface area contributed by atoms with Crippen LogP contribution in [0.25, 0.3) is 11.6 Å². The predicted molar refractivity (Wildman–Crippen MR) is 129 cm³/mol. The number of hydrogen-bond acceptors (Lipinski definition) is 5. The molecule has 2 aromatic carbocycles. The molecule has 33 heavy (non-hydrogen) atoms. The minimum atomic E-state index is -0.380. The second-order valence-electron chi connectivity index (χ2n) is 7.20. The summed E-state index contributed by atoms with van der Waals surface area (Å²) in [5, 5.41) is 14.8. The van der Waals surface area contributed by atoms with Crippen LogP contribution in [0.15, 0.2) is 65.8 Å². The van der Waals surface area contributed by atoms with E-state index in [9.17, 15) is 9.59 Å². The molecule has 0 saturated heterocycles. The molecule has 1 aliphatic heterocycles. The SMILES string of the molecule is O=C1Nc2ccccc2/C1=C/c1ccc(C(=O)Nc2nnc(SCc3ccccc3Cl)[nH]2)[nH]1. The van der Waals surface area contributed by atoms with Crippen molar-refractivity contribution < 1.29 is 9.59 Å². The molecular weight excluding hydrogens is 460 g/mol. The highest BCUT2D eigenvalue weighted by molar-refractivity contribution is 7.98. The molecule has 3 heterocycles. The Bertz CT molecular complexity index is 1390. The number of carbonyl (C=O) groups excluding carboxylic acids is 2. The van der Waals surface area contributed by atoms with E-state index in [0.717, 1.165) is 16.8 Å². The minimum absolute atomic E-state index is 0.180. The van der Waals surface area contributed by atoms with Crippen LogP contribution in [0.1, 0.15) is 27.3 Å². The molecule has 0 aliphatic carbocycles. The average Bonchev–Trinajstić information content (AvgIpc) is 3.53. The van der Waals surface area contributed by atoms with Gasteiger partial charge in [0.25, 0.3) is 11.8 Å². The van der Waals surface area contributed by atoms with Crippen molar-refractivity contribution in [1.82, 2.24) is 20.2 Å². The first-order chi connectivity index (χ1) is 16.1. The number of benzene rings is 2. The van der Waals surface area contributed by atoms with Gasteiger partial charge in [0.2, 0.25) is 5.95 Å². The van der Waals surface area contributed by atoms with E-state index in [0.29, 0.717) is 32.9 Å².